The number of quaternary nitrogens is 1. The average molecular weight is 161 g/mol. The second kappa shape index (κ2) is 4.87. The fourth-order valence-corrected chi connectivity index (χ4v) is 0.345. The molecule has 0 aromatic rings. The third kappa shape index (κ3) is 5.57. The normalized spacial score (nSPS) is 9.73. The molecule has 0 aromatic carbocycles. The molecule has 0 heterocycles. The van der Waals surface area contributed by atoms with E-state index in [2.05, 4.69) is 6.58 Å². The molecule has 0 bridgehead atoms. The Morgan fingerprint density at radius 2 is 2.09 bits per heavy atom. The fourth-order valence-electron chi connectivity index (χ4n) is 0.345. The van der Waals surface area contributed by atoms with Crippen molar-refractivity contribution in [1.82, 2.24) is 6.15 Å². The zero-order valence-corrected chi connectivity index (χ0v) is 7.46. The summed E-state index contributed by atoms with van der Waals surface area (Å²) in [6.07, 6.45) is 1.16. The van der Waals surface area contributed by atoms with Crippen molar-refractivity contribution in [2.24, 2.45) is 0 Å². The van der Waals surface area contributed by atoms with Crippen LogP contribution in [0, 0.1) is 0 Å². The number of hydrogen-bond acceptors (Lipinski definition) is 3. The van der Waals surface area contributed by atoms with Gasteiger partial charge in [-0.2, -0.15) is 0 Å². The van der Waals surface area contributed by atoms with Crippen molar-refractivity contribution >= 4 is 5.97 Å². The molecule has 4 heteroatoms. The molecule has 0 amide bonds. The van der Waals surface area contributed by atoms with E-state index in [4.69, 9.17) is 4.84 Å². The van der Waals surface area contributed by atoms with Gasteiger partial charge >= 0.3 is 5.97 Å². The topological polar surface area (TPSA) is 61.3 Å². The van der Waals surface area contributed by atoms with Crippen molar-refractivity contribution in [3.63, 3.8) is 0 Å². The molecular weight excluding hydrogens is 144 g/mol. The molecule has 0 rings (SSSR count). The van der Waals surface area contributed by atoms with Crippen LogP contribution in [0.2, 0.25) is 0 Å². The van der Waals surface area contributed by atoms with E-state index in [0.717, 1.165) is 12.6 Å². The molecule has 0 aliphatic rings. The molecule has 3 N–H and O–H groups in total. The van der Waals surface area contributed by atoms with E-state index in [1.54, 1.807) is 14.1 Å². The summed E-state index contributed by atoms with van der Waals surface area (Å²) in [5, 5.41) is 0. The van der Waals surface area contributed by atoms with E-state index >= 15 is 0 Å². The standard InChI is InChI=1S/C7H14NO2.H3N/c1-5-7(9)10-8(3,4)6-2;/h5H,1,6H2,2-4H3;1H3/q+1;. The highest BCUT2D eigenvalue weighted by atomic mass is 16.7. The zero-order chi connectivity index (χ0) is 8.20. The molecule has 0 atom stereocenters. The van der Waals surface area contributed by atoms with E-state index in [1.807, 2.05) is 6.92 Å². The van der Waals surface area contributed by atoms with Gasteiger partial charge in [0.1, 0.15) is 20.6 Å². The summed E-state index contributed by atoms with van der Waals surface area (Å²) in [5.41, 5.74) is 0. The highest BCUT2D eigenvalue weighted by Crippen LogP contribution is 1.97. The van der Waals surface area contributed by atoms with Crippen molar-refractivity contribution in [3.8, 4) is 0 Å². The molecule has 11 heavy (non-hydrogen) atoms. The lowest BCUT2D eigenvalue weighted by Crippen LogP contribution is -2.40. The molecule has 66 valence electrons. The minimum atomic E-state index is -0.383. The summed E-state index contributed by atoms with van der Waals surface area (Å²) in [4.78, 5) is 15.5. The molecule has 0 aliphatic carbocycles. The Morgan fingerprint density at radius 1 is 1.64 bits per heavy atom. The van der Waals surface area contributed by atoms with Crippen LogP contribution in [0.5, 0.6) is 0 Å². The van der Waals surface area contributed by atoms with E-state index in [0.29, 0.717) is 0 Å². The van der Waals surface area contributed by atoms with Gasteiger partial charge in [0.2, 0.25) is 0 Å². The van der Waals surface area contributed by atoms with Crippen LogP contribution in [0.1, 0.15) is 6.92 Å². The Labute approximate surface area is 67.6 Å². The minimum Gasteiger partial charge on any atom is -0.344 e. The first-order valence-corrected chi connectivity index (χ1v) is 3.21. The second-order valence-corrected chi connectivity index (χ2v) is 2.50. The zero-order valence-electron chi connectivity index (χ0n) is 7.46. The van der Waals surface area contributed by atoms with Crippen LogP contribution < -0.4 is 6.15 Å². The maximum absolute atomic E-state index is 10.6. The number of rotatable bonds is 3. The minimum absolute atomic E-state index is 0. The highest BCUT2D eigenvalue weighted by molar-refractivity contribution is 5.80. The summed E-state index contributed by atoms with van der Waals surface area (Å²) in [6.45, 7) is 5.98. The van der Waals surface area contributed by atoms with Gasteiger partial charge in [-0.15, -0.1) is 4.65 Å². The van der Waals surface area contributed by atoms with Crippen LogP contribution in [0.25, 0.3) is 0 Å². The van der Waals surface area contributed by atoms with Gasteiger partial charge in [-0.05, 0) is 6.92 Å². The molecular formula is C7H17N2O2+. The maximum Gasteiger partial charge on any atom is 0.389 e. The molecule has 0 saturated heterocycles. The third-order valence-corrected chi connectivity index (χ3v) is 1.27. The summed E-state index contributed by atoms with van der Waals surface area (Å²) in [5.74, 6) is -0.383. The van der Waals surface area contributed by atoms with Crippen LogP contribution in [-0.4, -0.2) is 31.3 Å². The first kappa shape index (κ1) is 12.8. The van der Waals surface area contributed by atoms with Gasteiger partial charge in [-0.25, -0.2) is 4.79 Å². The molecule has 0 saturated carbocycles. The van der Waals surface area contributed by atoms with Crippen LogP contribution in [0.4, 0.5) is 0 Å². The van der Waals surface area contributed by atoms with Gasteiger partial charge in [0.05, 0.1) is 0 Å². The quantitative estimate of drug-likeness (QED) is 0.380. The van der Waals surface area contributed by atoms with Gasteiger partial charge in [0.25, 0.3) is 0 Å². The van der Waals surface area contributed by atoms with E-state index < -0.39 is 0 Å². The van der Waals surface area contributed by atoms with Gasteiger partial charge < -0.3 is 6.15 Å². The van der Waals surface area contributed by atoms with Crippen LogP contribution in [0.15, 0.2) is 12.7 Å². The predicted octanol–water partition coefficient (Wildman–Crippen LogP) is 0.889. The van der Waals surface area contributed by atoms with E-state index in [1.165, 1.54) is 0 Å². The Bertz CT molecular complexity index is 143. The van der Waals surface area contributed by atoms with E-state index in [9.17, 15) is 4.79 Å². The Morgan fingerprint density at radius 3 is 2.36 bits per heavy atom. The monoisotopic (exact) mass is 161 g/mol. The van der Waals surface area contributed by atoms with Gasteiger partial charge in [-0.1, -0.05) is 6.58 Å². The molecule has 0 unspecified atom stereocenters. The largest absolute Gasteiger partial charge is 0.389 e. The van der Waals surface area contributed by atoms with Crippen molar-refractivity contribution in [1.29, 1.82) is 0 Å². The second-order valence-electron chi connectivity index (χ2n) is 2.50. The maximum atomic E-state index is 10.6. The predicted molar refractivity (Wildman–Crippen MR) is 44.0 cm³/mol. The summed E-state index contributed by atoms with van der Waals surface area (Å²) in [7, 11) is 3.61. The first-order chi connectivity index (χ1) is 4.52. The van der Waals surface area contributed by atoms with Crippen LogP contribution in [-0.2, 0) is 9.63 Å². The highest BCUT2D eigenvalue weighted by Gasteiger charge is 2.16. The number of carbonyl (C=O) groups is 1. The molecule has 0 fully saturated rings. The lowest BCUT2D eigenvalue weighted by atomic mass is 10.6. The molecule has 4 nitrogen and oxygen atoms in total. The van der Waals surface area contributed by atoms with Gasteiger partial charge in [0, 0.05) is 6.08 Å². The van der Waals surface area contributed by atoms with Crippen molar-refractivity contribution in [3.05, 3.63) is 12.7 Å². The summed E-state index contributed by atoms with van der Waals surface area (Å²) in [6, 6.07) is 0. The van der Waals surface area contributed by atoms with Crippen molar-refractivity contribution in [2.75, 3.05) is 20.6 Å². The average Bonchev–Trinajstić information content (AvgIpc) is 1.87. The number of carbonyl (C=O) groups excluding carboxylic acids is 1. The lowest BCUT2D eigenvalue weighted by Gasteiger charge is -2.23. The Balaban J connectivity index is 0. The first-order valence-electron chi connectivity index (χ1n) is 3.21. The number of hydroxylamine groups is 3. The molecule has 0 spiro atoms. The number of hydrogen-bond donors (Lipinski definition) is 1. The smallest absolute Gasteiger partial charge is 0.344 e. The van der Waals surface area contributed by atoms with Crippen molar-refractivity contribution < 1.29 is 14.3 Å². The third-order valence-electron chi connectivity index (χ3n) is 1.27. The van der Waals surface area contributed by atoms with E-state index in [-0.39, 0.29) is 16.8 Å². The molecule has 0 aliphatic heterocycles. The Hall–Kier alpha value is -0.870. The SMILES string of the molecule is C=CC(=O)O[N+](C)(C)CC.N. The Kier molecular flexibility index (Phi) is 5.66. The fraction of sp³-hybridized carbons (Fsp3) is 0.571. The van der Waals surface area contributed by atoms with Gasteiger partial charge in [-0.3, -0.25) is 4.84 Å². The van der Waals surface area contributed by atoms with Gasteiger partial charge in [0.15, 0.2) is 0 Å². The van der Waals surface area contributed by atoms with Crippen LogP contribution >= 0.6 is 0 Å². The lowest BCUT2D eigenvalue weighted by molar-refractivity contribution is -1.06. The number of nitrogens with zero attached hydrogens (tertiary/aromatic N) is 1. The molecule has 0 aromatic heterocycles. The van der Waals surface area contributed by atoms with Crippen molar-refractivity contribution in [2.45, 2.75) is 6.92 Å². The summed E-state index contributed by atoms with van der Waals surface area (Å²) >= 11 is 0. The van der Waals surface area contributed by atoms with Crippen LogP contribution in [0.3, 0.4) is 0 Å². The molecule has 0 radical (unpaired) electrons. The summed E-state index contributed by atoms with van der Waals surface area (Å²) < 4.78 is 0.241.